The number of hydrogen-bond acceptors (Lipinski definition) is 6. The molecule has 2 amide bonds. The Labute approximate surface area is 186 Å². The molecule has 1 fully saturated rings. The van der Waals surface area contributed by atoms with Gasteiger partial charge in [0.15, 0.2) is 0 Å². The van der Waals surface area contributed by atoms with Crippen molar-refractivity contribution in [3.05, 3.63) is 63.7 Å². The van der Waals surface area contributed by atoms with E-state index >= 15 is 0 Å². The van der Waals surface area contributed by atoms with Gasteiger partial charge in [-0.25, -0.2) is 0 Å². The minimum absolute atomic E-state index is 0.0571. The van der Waals surface area contributed by atoms with Crippen LogP contribution in [0.2, 0.25) is 0 Å². The predicted octanol–water partition coefficient (Wildman–Crippen LogP) is 3.02. The number of rotatable bonds is 6. The van der Waals surface area contributed by atoms with Crippen LogP contribution in [0.15, 0.2) is 42.5 Å². The number of piperazine rings is 1. The third kappa shape index (κ3) is 5.77. The highest BCUT2D eigenvalue weighted by Gasteiger charge is 2.34. The summed E-state index contributed by atoms with van der Waals surface area (Å²) < 4.78 is 44.4. The molecule has 2 aromatic carbocycles. The zero-order valence-corrected chi connectivity index (χ0v) is 17.6. The summed E-state index contributed by atoms with van der Waals surface area (Å²) in [6, 6.07) is 8.46. The number of non-ortho nitro benzene ring substituents is 1. The van der Waals surface area contributed by atoms with Crippen molar-refractivity contribution in [3.63, 3.8) is 0 Å². The van der Waals surface area contributed by atoms with Crippen LogP contribution in [0.5, 0.6) is 5.75 Å². The molecule has 176 valence electrons. The van der Waals surface area contributed by atoms with Crippen LogP contribution in [0.4, 0.5) is 24.5 Å². The molecule has 0 aliphatic carbocycles. The highest BCUT2D eigenvalue weighted by molar-refractivity contribution is 5.98. The number of benzene rings is 2. The summed E-state index contributed by atoms with van der Waals surface area (Å²) in [6.07, 6.45) is -4.59. The molecule has 1 saturated heterocycles. The number of halogens is 3. The number of alkyl halides is 3. The van der Waals surface area contributed by atoms with Crippen LogP contribution < -0.4 is 10.1 Å². The van der Waals surface area contributed by atoms with Gasteiger partial charge in [0.05, 0.1) is 35.4 Å². The van der Waals surface area contributed by atoms with Crippen molar-refractivity contribution < 1.29 is 32.4 Å². The lowest BCUT2D eigenvalue weighted by Gasteiger charge is -2.34. The van der Waals surface area contributed by atoms with Gasteiger partial charge in [-0.3, -0.25) is 24.6 Å². The van der Waals surface area contributed by atoms with Crippen LogP contribution in [0.1, 0.15) is 15.9 Å². The maximum atomic E-state index is 13.1. The topological polar surface area (TPSA) is 105 Å². The Morgan fingerprint density at radius 3 is 2.39 bits per heavy atom. The van der Waals surface area contributed by atoms with Gasteiger partial charge in [0.2, 0.25) is 5.91 Å². The van der Waals surface area contributed by atoms with Gasteiger partial charge in [-0.05, 0) is 18.2 Å². The van der Waals surface area contributed by atoms with Gasteiger partial charge in [0, 0.05) is 38.3 Å². The first-order chi connectivity index (χ1) is 15.6. The van der Waals surface area contributed by atoms with Crippen LogP contribution in [0.3, 0.4) is 0 Å². The Kier molecular flexibility index (Phi) is 7.16. The normalized spacial score (nSPS) is 14.6. The first kappa shape index (κ1) is 24.0. The van der Waals surface area contributed by atoms with E-state index in [0.29, 0.717) is 13.1 Å². The van der Waals surface area contributed by atoms with Gasteiger partial charge in [-0.2, -0.15) is 13.2 Å². The number of para-hydroxylation sites is 1. The highest BCUT2D eigenvalue weighted by Crippen LogP contribution is 2.34. The summed E-state index contributed by atoms with van der Waals surface area (Å²) >= 11 is 0. The van der Waals surface area contributed by atoms with E-state index in [0.717, 1.165) is 12.1 Å². The number of nitrogens with zero attached hydrogens (tertiary/aromatic N) is 3. The minimum atomic E-state index is -4.59. The number of nitrogens with one attached hydrogen (secondary N) is 1. The number of ether oxygens (including phenoxy) is 1. The van der Waals surface area contributed by atoms with Crippen LogP contribution in [-0.2, 0) is 11.0 Å². The second-order valence-electron chi connectivity index (χ2n) is 7.30. The summed E-state index contributed by atoms with van der Waals surface area (Å²) in [5.41, 5.74) is -1.43. The lowest BCUT2D eigenvalue weighted by Crippen LogP contribution is -2.50. The SMILES string of the molecule is COc1ccc([N+](=O)[O-])cc1C(=O)N1CCN(CC(=O)Nc2ccccc2C(F)(F)F)CC1. The molecule has 3 rings (SSSR count). The maximum absolute atomic E-state index is 13.1. The average molecular weight is 466 g/mol. The molecular formula is C21H21F3N4O5. The summed E-state index contributed by atoms with van der Waals surface area (Å²) in [5, 5.41) is 13.3. The van der Waals surface area contributed by atoms with Crippen molar-refractivity contribution in [2.24, 2.45) is 0 Å². The predicted molar refractivity (Wildman–Crippen MR) is 112 cm³/mol. The second-order valence-corrected chi connectivity index (χ2v) is 7.30. The summed E-state index contributed by atoms with van der Waals surface area (Å²) in [6.45, 7) is 0.928. The first-order valence-corrected chi connectivity index (χ1v) is 9.90. The molecule has 2 aromatic rings. The molecule has 0 radical (unpaired) electrons. The number of hydrogen-bond donors (Lipinski definition) is 1. The van der Waals surface area contributed by atoms with Crippen LogP contribution in [0.25, 0.3) is 0 Å². The van der Waals surface area contributed by atoms with E-state index in [1.807, 2.05) is 0 Å². The molecule has 0 bridgehead atoms. The fraction of sp³-hybridized carbons (Fsp3) is 0.333. The number of carbonyl (C=O) groups excluding carboxylic acids is 2. The van der Waals surface area contributed by atoms with Crippen molar-refractivity contribution in [1.29, 1.82) is 0 Å². The molecular weight excluding hydrogens is 445 g/mol. The van der Waals surface area contributed by atoms with E-state index in [1.54, 1.807) is 4.90 Å². The van der Waals surface area contributed by atoms with Gasteiger partial charge >= 0.3 is 6.18 Å². The largest absolute Gasteiger partial charge is 0.496 e. The molecule has 0 aromatic heterocycles. The van der Waals surface area contributed by atoms with Crippen LogP contribution >= 0.6 is 0 Å². The number of carbonyl (C=O) groups is 2. The molecule has 12 heteroatoms. The molecule has 1 N–H and O–H groups in total. The van der Waals surface area contributed by atoms with E-state index in [4.69, 9.17) is 4.74 Å². The van der Waals surface area contributed by atoms with Crippen molar-refractivity contribution >= 4 is 23.2 Å². The molecule has 9 nitrogen and oxygen atoms in total. The van der Waals surface area contributed by atoms with Crippen LogP contribution in [0, 0.1) is 10.1 Å². The number of nitro benzene ring substituents is 1. The molecule has 0 saturated carbocycles. The molecule has 1 heterocycles. The monoisotopic (exact) mass is 466 g/mol. The third-order valence-corrected chi connectivity index (χ3v) is 5.16. The number of amides is 2. The Hall–Kier alpha value is -3.67. The Morgan fingerprint density at radius 1 is 1.12 bits per heavy atom. The lowest BCUT2D eigenvalue weighted by atomic mass is 10.1. The Balaban J connectivity index is 1.60. The molecule has 1 aliphatic heterocycles. The van der Waals surface area contributed by atoms with Gasteiger partial charge in [0.25, 0.3) is 11.6 Å². The van der Waals surface area contributed by atoms with E-state index in [2.05, 4.69) is 5.32 Å². The molecule has 1 aliphatic rings. The van der Waals surface area contributed by atoms with Gasteiger partial charge in [-0.15, -0.1) is 0 Å². The molecule has 33 heavy (non-hydrogen) atoms. The average Bonchev–Trinajstić information content (AvgIpc) is 2.78. The lowest BCUT2D eigenvalue weighted by molar-refractivity contribution is -0.384. The number of anilines is 1. The molecule has 0 atom stereocenters. The molecule has 0 unspecified atom stereocenters. The molecule has 0 spiro atoms. The fourth-order valence-electron chi connectivity index (χ4n) is 3.49. The number of methoxy groups -OCH3 is 1. The maximum Gasteiger partial charge on any atom is 0.418 e. The standard InChI is InChI=1S/C21H21F3N4O5/c1-33-18-7-6-14(28(31)32)12-15(18)20(30)27-10-8-26(9-11-27)13-19(29)25-17-5-3-2-4-16(17)21(22,23)24/h2-7,12H,8-11,13H2,1H3,(H,25,29). The van der Waals surface area contributed by atoms with Crippen LogP contribution in [-0.4, -0.2) is 66.4 Å². The highest BCUT2D eigenvalue weighted by atomic mass is 19.4. The first-order valence-electron chi connectivity index (χ1n) is 9.90. The Morgan fingerprint density at radius 2 is 1.79 bits per heavy atom. The zero-order valence-electron chi connectivity index (χ0n) is 17.6. The second kappa shape index (κ2) is 9.86. The van der Waals surface area contributed by atoms with Gasteiger partial charge in [-0.1, -0.05) is 12.1 Å². The third-order valence-electron chi connectivity index (χ3n) is 5.16. The summed E-state index contributed by atoms with van der Waals surface area (Å²) in [4.78, 5) is 38.8. The zero-order chi connectivity index (χ0) is 24.2. The van der Waals surface area contributed by atoms with E-state index in [-0.39, 0.29) is 42.3 Å². The summed E-state index contributed by atoms with van der Waals surface area (Å²) in [5.74, 6) is -0.846. The Bertz CT molecular complexity index is 1050. The quantitative estimate of drug-likeness (QED) is 0.518. The van der Waals surface area contributed by atoms with E-state index in [9.17, 15) is 32.9 Å². The van der Waals surface area contributed by atoms with Gasteiger partial charge in [0.1, 0.15) is 5.75 Å². The smallest absolute Gasteiger partial charge is 0.418 e. The van der Waals surface area contributed by atoms with E-state index < -0.39 is 28.5 Å². The van der Waals surface area contributed by atoms with E-state index in [1.165, 1.54) is 42.3 Å². The van der Waals surface area contributed by atoms with Crippen molar-refractivity contribution in [2.75, 3.05) is 45.2 Å². The van der Waals surface area contributed by atoms with Gasteiger partial charge < -0.3 is 15.0 Å². The number of nitro groups is 1. The van der Waals surface area contributed by atoms with Crippen molar-refractivity contribution in [2.45, 2.75) is 6.18 Å². The summed E-state index contributed by atoms with van der Waals surface area (Å²) in [7, 11) is 1.35. The van der Waals surface area contributed by atoms with Crippen molar-refractivity contribution in [1.82, 2.24) is 9.80 Å². The van der Waals surface area contributed by atoms with Crippen molar-refractivity contribution in [3.8, 4) is 5.75 Å². The minimum Gasteiger partial charge on any atom is -0.496 e. The fourth-order valence-corrected chi connectivity index (χ4v) is 3.49.